The van der Waals surface area contributed by atoms with E-state index < -0.39 is 0 Å². The van der Waals surface area contributed by atoms with E-state index in [0.717, 1.165) is 18.9 Å². The first-order valence-corrected chi connectivity index (χ1v) is 5.81. The third kappa shape index (κ3) is 2.71. The number of ether oxygens (including phenoxy) is 1. The molecule has 84 valence electrons. The van der Waals surface area contributed by atoms with Crippen LogP contribution in [-0.2, 0) is 4.74 Å². The quantitative estimate of drug-likeness (QED) is 0.691. The Kier molecular flexibility index (Phi) is 3.96. The second-order valence-corrected chi connectivity index (χ2v) is 5.56. The van der Waals surface area contributed by atoms with Crippen molar-refractivity contribution in [3.8, 4) is 0 Å². The summed E-state index contributed by atoms with van der Waals surface area (Å²) < 4.78 is 5.83. The Hall–Kier alpha value is -0.0800. The van der Waals surface area contributed by atoms with Gasteiger partial charge in [0.05, 0.1) is 6.10 Å². The van der Waals surface area contributed by atoms with Crippen molar-refractivity contribution >= 4 is 0 Å². The highest BCUT2D eigenvalue weighted by Gasteiger charge is 2.46. The Morgan fingerprint density at radius 2 is 2.07 bits per heavy atom. The smallest absolute Gasteiger partial charge is 0.0655 e. The van der Waals surface area contributed by atoms with Crippen molar-refractivity contribution in [2.24, 2.45) is 17.1 Å². The van der Waals surface area contributed by atoms with Crippen LogP contribution in [-0.4, -0.2) is 18.8 Å². The molecule has 2 heteroatoms. The minimum absolute atomic E-state index is 0.192. The monoisotopic (exact) mass is 199 g/mol. The topological polar surface area (TPSA) is 35.2 Å². The Morgan fingerprint density at radius 3 is 2.50 bits per heavy atom. The minimum atomic E-state index is 0.192. The third-order valence-corrected chi connectivity index (χ3v) is 3.50. The van der Waals surface area contributed by atoms with Gasteiger partial charge in [-0.15, -0.1) is 0 Å². The maximum absolute atomic E-state index is 5.92. The van der Waals surface area contributed by atoms with Crippen LogP contribution < -0.4 is 5.73 Å². The minimum Gasteiger partial charge on any atom is -0.378 e. The molecule has 0 aromatic heterocycles. The van der Waals surface area contributed by atoms with Crippen LogP contribution in [0.25, 0.3) is 0 Å². The number of nitrogens with two attached hydrogens (primary N) is 1. The molecule has 0 amide bonds. The first-order chi connectivity index (χ1) is 6.44. The summed E-state index contributed by atoms with van der Waals surface area (Å²) in [6.45, 7) is 9.81. The SMILES string of the molecule is CC(C)CCCOC1CC(N)C1(C)C. The third-order valence-electron chi connectivity index (χ3n) is 3.50. The van der Waals surface area contributed by atoms with Crippen LogP contribution in [0.3, 0.4) is 0 Å². The van der Waals surface area contributed by atoms with Crippen LogP contribution in [0, 0.1) is 11.3 Å². The van der Waals surface area contributed by atoms with E-state index in [2.05, 4.69) is 27.7 Å². The lowest BCUT2D eigenvalue weighted by atomic mass is 9.65. The Bertz CT molecular complexity index is 177. The molecule has 0 saturated heterocycles. The van der Waals surface area contributed by atoms with Gasteiger partial charge in [0.2, 0.25) is 0 Å². The lowest BCUT2D eigenvalue weighted by Crippen LogP contribution is -2.59. The van der Waals surface area contributed by atoms with Crippen LogP contribution >= 0.6 is 0 Å². The normalized spacial score (nSPS) is 30.4. The lowest BCUT2D eigenvalue weighted by molar-refractivity contribution is -0.108. The molecular formula is C12H25NO. The van der Waals surface area contributed by atoms with Crippen molar-refractivity contribution in [2.75, 3.05) is 6.61 Å². The fraction of sp³-hybridized carbons (Fsp3) is 1.00. The lowest BCUT2D eigenvalue weighted by Gasteiger charge is -2.49. The van der Waals surface area contributed by atoms with E-state index in [1.54, 1.807) is 0 Å². The molecule has 2 atom stereocenters. The van der Waals surface area contributed by atoms with Gasteiger partial charge in [-0.2, -0.15) is 0 Å². The van der Waals surface area contributed by atoms with Gasteiger partial charge in [0.25, 0.3) is 0 Å². The average molecular weight is 199 g/mol. The fourth-order valence-corrected chi connectivity index (χ4v) is 1.92. The average Bonchev–Trinajstić information content (AvgIpc) is 2.10. The summed E-state index contributed by atoms with van der Waals surface area (Å²) in [7, 11) is 0. The maximum Gasteiger partial charge on any atom is 0.0655 e. The molecule has 2 N–H and O–H groups in total. The predicted octanol–water partition coefficient (Wildman–Crippen LogP) is 2.57. The number of rotatable bonds is 5. The molecular weight excluding hydrogens is 174 g/mol. The molecule has 2 unspecified atom stereocenters. The zero-order valence-electron chi connectivity index (χ0n) is 10.0. The molecule has 0 bridgehead atoms. The zero-order chi connectivity index (χ0) is 10.8. The number of hydrogen-bond acceptors (Lipinski definition) is 2. The van der Waals surface area contributed by atoms with Crippen molar-refractivity contribution in [1.29, 1.82) is 0 Å². The predicted molar refractivity (Wildman–Crippen MR) is 60.2 cm³/mol. The maximum atomic E-state index is 5.92. The van der Waals surface area contributed by atoms with Crippen molar-refractivity contribution in [3.63, 3.8) is 0 Å². The van der Waals surface area contributed by atoms with Crippen molar-refractivity contribution in [3.05, 3.63) is 0 Å². The molecule has 1 aliphatic rings. The summed E-state index contributed by atoms with van der Waals surface area (Å²) in [5.74, 6) is 0.787. The van der Waals surface area contributed by atoms with Crippen LogP contribution in [0.5, 0.6) is 0 Å². The molecule has 1 rings (SSSR count). The highest BCUT2D eigenvalue weighted by Crippen LogP contribution is 2.41. The summed E-state index contributed by atoms with van der Waals surface area (Å²) in [6, 6.07) is 0.331. The molecule has 1 aliphatic carbocycles. The van der Waals surface area contributed by atoms with E-state index in [1.165, 1.54) is 12.8 Å². The highest BCUT2D eigenvalue weighted by atomic mass is 16.5. The van der Waals surface area contributed by atoms with Gasteiger partial charge >= 0.3 is 0 Å². The van der Waals surface area contributed by atoms with Crippen molar-refractivity contribution in [2.45, 2.75) is 59.1 Å². The summed E-state index contributed by atoms with van der Waals surface area (Å²) in [5, 5.41) is 0. The Morgan fingerprint density at radius 1 is 1.43 bits per heavy atom. The Labute approximate surface area is 88.2 Å². The van der Waals surface area contributed by atoms with Gasteiger partial charge in [-0.3, -0.25) is 0 Å². The molecule has 2 nitrogen and oxygen atoms in total. The standard InChI is InChI=1S/C12H25NO/c1-9(2)6-5-7-14-11-8-10(13)12(11,3)4/h9-11H,5-8,13H2,1-4H3. The summed E-state index contributed by atoms with van der Waals surface area (Å²) in [6.07, 6.45) is 3.87. The largest absolute Gasteiger partial charge is 0.378 e. The first-order valence-electron chi connectivity index (χ1n) is 5.81. The van der Waals surface area contributed by atoms with Crippen LogP contribution in [0.1, 0.15) is 47.0 Å². The molecule has 0 radical (unpaired) electrons. The second-order valence-electron chi connectivity index (χ2n) is 5.56. The van der Waals surface area contributed by atoms with Gasteiger partial charge in [-0.1, -0.05) is 27.7 Å². The zero-order valence-corrected chi connectivity index (χ0v) is 10.0. The van der Waals surface area contributed by atoms with Crippen LogP contribution in [0.2, 0.25) is 0 Å². The van der Waals surface area contributed by atoms with Gasteiger partial charge in [0, 0.05) is 18.1 Å². The highest BCUT2D eigenvalue weighted by molar-refractivity contribution is 5.00. The molecule has 0 aromatic rings. The van der Waals surface area contributed by atoms with Gasteiger partial charge in [0.15, 0.2) is 0 Å². The molecule has 0 heterocycles. The second kappa shape index (κ2) is 4.63. The van der Waals surface area contributed by atoms with E-state index in [0.29, 0.717) is 12.1 Å². The molecule has 14 heavy (non-hydrogen) atoms. The van der Waals surface area contributed by atoms with E-state index in [1.807, 2.05) is 0 Å². The molecule has 0 aliphatic heterocycles. The fourth-order valence-electron chi connectivity index (χ4n) is 1.92. The van der Waals surface area contributed by atoms with Crippen LogP contribution in [0.4, 0.5) is 0 Å². The van der Waals surface area contributed by atoms with E-state index in [4.69, 9.17) is 10.5 Å². The summed E-state index contributed by atoms with van der Waals surface area (Å²) in [5.41, 5.74) is 6.11. The van der Waals surface area contributed by atoms with Crippen LogP contribution in [0.15, 0.2) is 0 Å². The van der Waals surface area contributed by atoms with E-state index in [-0.39, 0.29) is 5.41 Å². The number of hydrogen-bond donors (Lipinski definition) is 1. The molecule has 1 fully saturated rings. The van der Waals surface area contributed by atoms with Gasteiger partial charge in [0.1, 0.15) is 0 Å². The summed E-state index contributed by atoms with van der Waals surface area (Å²) in [4.78, 5) is 0. The molecule has 0 spiro atoms. The molecule has 0 aromatic carbocycles. The molecule has 1 saturated carbocycles. The van der Waals surface area contributed by atoms with Crippen molar-refractivity contribution in [1.82, 2.24) is 0 Å². The Balaban J connectivity index is 2.09. The van der Waals surface area contributed by atoms with Gasteiger partial charge < -0.3 is 10.5 Å². The van der Waals surface area contributed by atoms with Crippen molar-refractivity contribution < 1.29 is 4.74 Å². The van der Waals surface area contributed by atoms with Gasteiger partial charge in [-0.25, -0.2) is 0 Å². The van der Waals surface area contributed by atoms with E-state index >= 15 is 0 Å². The summed E-state index contributed by atoms with van der Waals surface area (Å²) >= 11 is 0. The van der Waals surface area contributed by atoms with E-state index in [9.17, 15) is 0 Å². The van der Waals surface area contributed by atoms with Gasteiger partial charge in [-0.05, 0) is 25.2 Å². The first kappa shape index (κ1) is 12.0.